The molecule has 0 N–H and O–H groups in total. The molecule has 0 saturated carbocycles. The Morgan fingerprint density at radius 2 is 1.73 bits per heavy atom. The molecule has 2 aromatic rings. The highest BCUT2D eigenvalue weighted by molar-refractivity contribution is 5.91. The van der Waals surface area contributed by atoms with Gasteiger partial charge in [0.25, 0.3) is 0 Å². The van der Waals surface area contributed by atoms with Gasteiger partial charge in [0.15, 0.2) is 17.8 Å². The molecule has 0 fully saturated rings. The summed E-state index contributed by atoms with van der Waals surface area (Å²) in [6, 6.07) is 8.48. The van der Waals surface area contributed by atoms with Crippen molar-refractivity contribution in [1.82, 2.24) is 0 Å². The van der Waals surface area contributed by atoms with Crippen molar-refractivity contribution < 1.29 is 32.2 Å². The Morgan fingerprint density at radius 1 is 1.05 bits per heavy atom. The van der Waals surface area contributed by atoms with Gasteiger partial charge in [-0.3, -0.25) is 4.79 Å². The monoisotopic (exact) mass is 310 g/mol. The van der Waals surface area contributed by atoms with E-state index in [1.54, 1.807) is 6.07 Å². The summed E-state index contributed by atoms with van der Waals surface area (Å²) in [5.74, 6) is 0.347. The van der Waals surface area contributed by atoms with Crippen LogP contribution in [0.15, 0.2) is 36.4 Å². The van der Waals surface area contributed by atoms with Crippen molar-refractivity contribution in [2.24, 2.45) is 0 Å². The van der Waals surface area contributed by atoms with E-state index in [0.717, 1.165) is 0 Å². The molecule has 0 atom stereocenters. The highest BCUT2D eigenvalue weighted by Gasteiger charge is 2.32. The van der Waals surface area contributed by atoms with Crippen molar-refractivity contribution >= 4 is 6.29 Å². The zero-order chi connectivity index (χ0) is 15.7. The predicted octanol–water partition coefficient (Wildman–Crippen LogP) is 3.79. The molecule has 1 aliphatic rings. The van der Waals surface area contributed by atoms with Crippen molar-refractivity contribution in [1.29, 1.82) is 0 Å². The molecule has 1 heterocycles. The summed E-state index contributed by atoms with van der Waals surface area (Å²) < 4.78 is 51.9. The first-order chi connectivity index (χ1) is 10.5. The van der Waals surface area contributed by atoms with Crippen molar-refractivity contribution in [2.75, 3.05) is 6.79 Å². The van der Waals surface area contributed by atoms with E-state index in [-0.39, 0.29) is 23.5 Å². The summed E-state index contributed by atoms with van der Waals surface area (Å²) in [6.45, 7) is -0.00220. The Kier molecular flexibility index (Phi) is 3.40. The van der Waals surface area contributed by atoms with Crippen LogP contribution < -0.4 is 14.2 Å². The van der Waals surface area contributed by atoms with Crippen molar-refractivity contribution in [3.63, 3.8) is 0 Å². The van der Waals surface area contributed by atoms with Crippen LogP contribution in [0.5, 0.6) is 17.2 Å². The maximum atomic E-state index is 12.5. The average molecular weight is 310 g/mol. The topological polar surface area (TPSA) is 44.8 Å². The van der Waals surface area contributed by atoms with Crippen LogP contribution in [0.4, 0.5) is 13.2 Å². The largest absolute Gasteiger partial charge is 0.573 e. The molecular formula is C15H9F3O4. The minimum atomic E-state index is -4.83. The van der Waals surface area contributed by atoms with E-state index in [9.17, 15) is 18.0 Å². The van der Waals surface area contributed by atoms with E-state index in [1.165, 1.54) is 30.3 Å². The van der Waals surface area contributed by atoms with Gasteiger partial charge in [0.1, 0.15) is 5.75 Å². The third kappa shape index (κ3) is 2.69. The lowest BCUT2D eigenvalue weighted by Gasteiger charge is -2.14. The highest BCUT2D eigenvalue weighted by Crippen LogP contribution is 2.41. The molecular weight excluding hydrogens is 301 g/mol. The second-order valence-electron chi connectivity index (χ2n) is 4.45. The van der Waals surface area contributed by atoms with Crippen LogP contribution in [0.3, 0.4) is 0 Å². The molecule has 3 rings (SSSR count). The first kappa shape index (κ1) is 14.2. The second-order valence-corrected chi connectivity index (χ2v) is 4.45. The quantitative estimate of drug-likeness (QED) is 0.809. The molecule has 4 nitrogen and oxygen atoms in total. The van der Waals surface area contributed by atoms with Gasteiger partial charge in [-0.15, -0.1) is 13.2 Å². The van der Waals surface area contributed by atoms with Crippen molar-refractivity contribution in [2.45, 2.75) is 6.36 Å². The van der Waals surface area contributed by atoms with Crippen LogP contribution in [-0.4, -0.2) is 19.4 Å². The van der Waals surface area contributed by atoms with E-state index < -0.39 is 12.1 Å². The maximum absolute atomic E-state index is 12.5. The SMILES string of the molecule is O=Cc1cc2c(cc1-c1ccccc1OC(F)(F)F)OCO2. The molecule has 0 amide bonds. The lowest BCUT2D eigenvalue weighted by atomic mass is 9.98. The van der Waals surface area contributed by atoms with Gasteiger partial charge in [0.05, 0.1) is 0 Å². The normalized spacial score (nSPS) is 13.0. The molecule has 7 heteroatoms. The van der Waals surface area contributed by atoms with E-state index in [1.807, 2.05) is 0 Å². The number of benzene rings is 2. The van der Waals surface area contributed by atoms with Gasteiger partial charge in [0, 0.05) is 11.1 Å². The Hall–Kier alpha value is -2.70. The van der Waals surface area contributed by atoms with Crippen LogP contribution >= 0.6 is 0 Å². The standard InChI is InChI=1S/C15H9F3O4/c16-15(17,18)22-12-4-2-1-3-10(12)11-6-14-13(20-8-21-14)5-9(11)7-19/h1-7H,8H2. The second kappa shape index (κ2) is 5.25. The fourth-order valence-electron chi connectivity index (χ4n) is 2.19. The average Bonchev–Trinajstić information content (AvgIpc) is 2.92. The summed E-state index contributed by atoms with van der Waals surface area (Å²) in [6.07, 6.45) is -4.28. The lowest BCUT2D eigenvalue weighted by molar-refractivity contribution is -0.274. The molecule has 114 valence electrons. The highest BCUT2D eigenvalue weighted by atomic mass is 19.4. The van der Waals surface area contributed by atoms with Crippen LogP contribution in [-0.2, 0) is 0 Å². The number of hydrogen-bond acceptors (Lipinski definition) is 4. The number of fused-ring (bicyclic) bond motifs is 1. The summed E-state index contributed by atoms with van der Waals surface area (Å²) in [5, 5.41) is 0. The zero-order valence-corrected chi connectivity index (χ0v) is 11.0. The van der Waals surface area contributed by atoms with Gasteiger partial charge in [-0.1, -0.05) is 18.2 Å². The van der Waals surface area contributed by atoms with Crippen LogP contribution in [0, 0.1) is 0 Å². The van der Waals surface area contributed by atoms with E-state index in [2.05, 4.69) is 4.74 Å². The van der Waals surface area contributed by atoms with Gasteiger partial charge in [-0.05, 0) is 23.8 Å². The number of para-hydroxylation sites is 1. The molecule has 22 heavy (non-hydrogen) atoms. The Labute approximate surface area is 123 Å². The van der Waals surface area contributed by atoms with E-state index >= 15 is 0 Å². The number of ether oxygens (including phenoxy) is 3. The summed E-state index contributed by atoms with van der Waals surface area (Å²) >= 11 is 0. The number of carbonyl (C=O) groups is 1. The van der Waals surface area contributed by atoms with Crippen LogP contribution in [0.25, 0.3) is 11.1 Å². The lowest BCUT2D eigenvalue weighted by Crippen LogP contribution is -2.17. The molecule has 0 aliphatic carbocycles. The van der Waals surface area contributed by atoms with Gasteiger partial charge in [0.2, 0.25) is 6.79 Å². The molecule has 0 spiro atoms. The minimum absolute atomic E-state index is 0.00220. The van der Waals surface area contributed by atoms with Crippen molar-refractivity contribution in [3.05, 3.63) is 42.0 Å². The van der Waals surface area contributed by atoms with Gasteiger partial charge >= 0.3 is 6.36 Å². The van der Waals surface area contributed by atoms with E-state index in [4.69, 9.17) is 9.47 Å². The van der Waals surface area contributed by atoms with Gasteiger partial charge < -0.3 is 14.2 Å². The van der Waals surface area contributed by atoms with Gasteiger partial charge in [-0.25, -0.2) is 0 Å². The Balaban J connectivity index is 2.14. The number of aldehydes is 1. The van der Waals surface area contributed by atoms with Crippen LogP contribution in [0.1, 0.15) is 10.4 Å². The molecule has 0 bridgehead atoms. The fourth-order valence-corrected chi connectivity index (χ4v) is 2.19. The van der Waals surface area contributed by atoms with Gasteiger partial charge in [-0.2, -0.15) is 0 Å². The number of carbonyl (C=O) groups excluding carboxylic acids is 1. The Morgan fingerprint density at radius 3 is 2.41 bits per heavy atom. The molecule has 0 unspecified atom stereocenters. The Bertz CT molecular complexity index is 725. The van der Waals surface area contributed by atoms with Crippen LogP contribution in [0.2, 0.25) is 0 Å². The third-order valence-electron chi connectivity index (χ3n) is 3.07. The zero-order valence-electron chi connectivity index (χ0n) is 11.0. The first-order valence-corrected chi connectivity index (χ1v) is 6.22. The summed E-state index contributed by atoms with van der Waals surface area (Å²) in [7, 11) is 0. The smallest absolute Gasteiger partial charge is 0.454 e. The minimum Gasteiger partial charge on any atom is -0.454 e. The molecule has 0 aromatic heterocycles. The molecule has 1 aliphatic heterocycles. The first-order valence-electron chi connectivity index (χ1n) is 6.22. The molecule has 0 saturated heterocycles. The number of alkyl halides is 3. The number of hydrogen-bond donors (Lipinski definition) is 0. The maximum Gasteiger partial charge on any atom is 0.573 e. The molecule has 2 aromatic carbocycles. The third-order valence-corrected chi connectivity index (χ3v) is 3.07. The predicted molar refractivity (Wildman–Crippen MR) is 70.1 cm³/mol. The number of halogens is 3. The molecule has 0 radical (unpaired) electrons. The summed E-state index contributed by atoms with van der Waals surface area (Å²) in [5.41, 5.74) is 0.599. The summed E-state index contributed by atoms with van der Waals surface area (Å²) in [4.78, 5) is 11.2. The van der Waals surface area contributed by atoms with Crippen molar-refractivity contribution in [3.8, 4) is 28.4 Å². The van der Waals surface area contributed by atoms with E-state index in [0.29, 0.717) is 17.8 Å². The fraction of sp³-hybridized carbons (Fsp3) is 0.133. The number of rotatable bonds is 3.